The summed E-state index contributed by atoms with van der Waals surface area (Å²) in [6, 6.07) is 0.345. The Kier molecular flexibility index (Phi) is 9.11. The lowest BCUT2D eigenvalue weighted by Crippen LogP contribution is -2.49. The highest BCUT2D eigenvalue weighted by molar-refractivity contribution is 14.0. The zero-order valence-electron chi connectivity index (χ0n) is 16.2. The van der Waals surface area contributed by atoms with Crippen LogP contribution < -0.4 is 5.32 Å². The van der Waals surface area contributed by atoms with Crippen molar-refractivity contribution in [3.63, 3.8) is 0 Å². The molecule has 0 aromatic carbocycles. The molecular weight excluding hydrogens is 443 g/mol. The molecule has 1 saturated heterocycles. The molecule has 2 rings (SSSR count). The number of hydrogen-bond acceptors (Lipinski definition) is 3. The minimum atomic E-state index is -0.00818. The van der Waals surface area contributed by atoms with Gasteiger partial charge in [0.05, 0.1) is 12.4 Å². The van der Waals surface area contributed by atoms with Gasteiger partial charge >= 0.3 is 0 Å². The van der Waals surface area contributed by atoms with E-state index in [1.165, 1.54) is 0 Å². The summed E-state index contributed by atoms with van der Waals surface area (Å²) in [7, 11) is 3.49. The number of likely N-dealkylation sites (N-methyl/N-ethyl adjacent to an activating group) is 1. The van der Waals surface area contributed by atoms with Crippen molar-refractivity contribution in [1.29, 1.82) is 0 Å². The summed E-state index contributed by atoms with van der Waals surface area (Å²) < 4.78 is 2.16. The number of likely N-dealkylation sites (tertiary alicyclic amines) is 1. The number of nitrogens with zero attached hydrogens (tertiary/aromatic N) is 5. The zero-order chi connectivity index (χ0) is 18.4. The van der Waals surface area contributed by atoms with Crippen LogP contribution in [0.15, 0.2) is 35.9 Å². The van der Waals surface area contributed by atoms with Crippen molar-refractivity contribution in [3.05, 3.63) is 30.9 Å². The van der Waals surface area contributed by atoms with Gasteiger partial charge in [-0.2, -0.15) is 0 Å². The second-order valence-corrected chi connectivity index (χ2v) is 7.03. The van der Waals surface area contributed by atoms with Gasteiger partial charge in [-0.15, -0.1) is 24.0 Å². The second kappa shape index (κ2) is 10.5. The lowest BCUT2D eigenvalue weighted by atomic mass is 9.93. The number of piperidine rings is 1. The van der Waals surface area contributed by atoms with Gasteiger partial charge in [0.2, 0.25) is 5.91 Å². The predicted molar refractivity (Wildman–Crippen MR) is 116 cm³/mol. The minimum Gasteiger partial charge on any atom is -0.353 e. The molecule has 26 heavy (non-hydrogen) atoms. The molecule has 7 nitrogen and oxygen atoms in total. The number of aromatic nitrogens is 2. The van der Waals surface area contributed by atoms with Crippen LogP contribution in [0.4, 0.5) is 0 Å². The van der Waals surface area contributed by atoms with Crippen LogP contribution in [-0.4, -0.2) is 71.5 Å². The Morgan fingerprint density at radius 1 is 1.46 bits per heavy atom. The first-order valence-electron chi connectivity index (χ1n) is 8.73. The Balaban J connectivity index is 0.00000338. The summed E-state index contributed by atoms with van der Waals surface area (Å²) in [5.74, 6) is 1.33. The fourth-order valence-corrected chi connectivity index (χ4v) is 2.88. The molecule has 2 heterocycles. The average molecular weight is 474 g/mol. The zero-order valence-corrected chi connectivity index (χ0v) is 18.5. The quantitative estimate of drug-likeness (QED) is 0.307. The maximum absolute atomic E-state index is 11.9. The van der Waals surface area contributed by atoms with Gasteiger partial charge in [0.1, 0.15) is 6.54 Å². The normalized spacial score (nSPS) is 20.3. The molecule has 1 amide bonds. The fraction of sp³-hybridized carbons (Fsp3) is 0.611. The van der Waals surface area contributed by atoms with Crippen molar-refractivity contribution in [2.24, 2.45) is 10.9 Å². The van der Waals surface area contributed by atoms with Crippen molar-refractivity contribution in [3.8, 4) is 0 Å². The van der Waals surface area contributed by atoms with Gasteiger partial charge in [-0.05, 0) is 19.3 Å². The number of rotatable bonds is 5. The Labute approximate surface area is 173 Å². The molecule has 2 unspecified atom stereocenters. The smallest absolute Gasteiger partial charge is 0.243 e. The molecule has 1 aromatic heterocycles. The summed E-state index contributed by atoms with van der Waals surface area (Å²) in [5, 5.41) is 3.34. The van der Waals surface area contributed by atoms with Crippen LogP contribution in [0.5, 0.6) is 0 Å². The van der Waals surface area contributed by atoms with Crippen molar-refractivity contribution in [2.45, 2.75) is 26.3 Å². The standard InChI is InChI=1S/C18H30N6O.HI/c1-14(2)10-20-18(21-11-17(25)22(4)5)23-8-6-15(3)16(12-23)24-9-7-19-13-24;/h7,9,13,15-16H,1,6,8,10-12H2,2-5H3,(H,20,21);1H. The predicted octanol–water partition coefficient (Wildman–Crippen LogP) is 1.99. The van der Waals surface area contributed by atoms with Crippen LogP contribution in [0.3, 0.4) is 0 Å². The van der Waals surface area contributed by atoms with Gasteiger partial charge in [-0.25, -0.2) is 9.98 Å². The van der Waals surface area contributed by atoms with Gasteiger partial charge in [0.15, 0.2) is 5.96 Å². The second-order valence-electron chi connectivity index (χ2n) is 7.03. The number of nitrogens with one attached hydrogen (secondary N) is 1. The van der Waals surface area contributed by atoms with E-state index in [2.05, 4.69) is 38.3 Å². The number of imidazole rings is 1. The molecule has 2 atom stereocenters. The van der Waals surface area contributed by atoms with Crippen molar-refractivity contribution < 1.29 is 4.79 Å². The third-order valence-electron chi connectivity index (χ3n) is 4.54. The third kappa shape index (κ3) is 6.30. The minimum absolute atomic E-state index is 0. The highest BCUT2D eigenvalue weighted by Crippen LogP contribution is 2.27. The monoisotopic (exact) mass is 474 g/mol. The largest absolute Gasteiger partial charge is 0.353 e. The summed E-state index contributed by atoms with van der Waals surface area (Å²) in [6.07, 6.45) is 6.77. The lowest BCUT2D eigenvalue weighted by Gasteiger charge is -2.39. The van der Waals surface area contributed by atoms with Crippen LogP contribution in [0.2, 0.25) is 0 Å². The summed E-state index contributed by atoms with van der Waals surface area (Å²) >= 11 is 0. The van der Waals surface area contributed by atoms with Crippen molar-refractivity contribution >= 4 is 35.8 Å². The summed E-state index contributed by atoms with van der Waals surface area (Å²) in [5.41, 5.74) is 1.03. The topological polar surface area (TPSA) is 65.8 Å². The summed E-state index contributed by atoms with van der Waals surface area (Å²) in [6.45, 7) is 10.7. The van der Waals surface area contributed by atoms with Crippen molar-refractivity contribution in [2.75, 3.05) is 40.3 Å². The van der Waals surface area contributed by atoms with E-state index in [1.54, 1.807) is 19.0 Å². The fourth-order valence-electron chi connectivity index (χ4n) is 2.88. The van der Waals surface area contributed by atoms with E-state index in [1.807, 2.05) is 25.6 Å². The molecule has 1 aromatic rings. The van der Waals surface area contributed by atoms with E-state index >= 15 is 0 Å². The molecule has 1 N–H and O–H groups in total. The van der Waals surface area contributed by atoms with Crippen molar-refractivity contribution in [1.82, 2.24) is 24.7 Å². The van der Waals surface area contributed by atoms with Gasteiger partial charge in [-0.1, -0.05) is 19.1 Å². The average Bonchev–Trinajstić information content (AvgIpc) is 3.09. The number of hydrogen-bond donors (Lipinski definition) is 1. The maximum Gasteiger partial charge on any atom is 0.243 e. The molecule has 0 spiro atoms. The van der Waals surface area contributed by atoms with Gasteiger partial charge in [0, 0.05) is 46.1 Å². The number of amides is 1. The van der Waals surface area contributed by atoms with E-state index in [-0.39, 0.29) is 36.4 Å². The van der Waals surface area contributed by atoms with Crippen LogP contribution in [-0.2, 0) is 4.79 Å². The van der Waals surface area contributed by atoms with Gasteiger partial charge < -0.3 is 19.7 Å². The Bertz CT molecular complexity index is 613. The summed E-state index contributed by atoms with van der Waals surface area (Å²) in [4.78, 5) is 24.4. The highest BCUT2D eigenvalue weighted by atomic mass is 127. The molecule has 8 heteroatoms. The molecule has 146 valence electrons. The van der Waals surface area contributed by atoms with Gasteiger partial charge in [-0.3, -0.25) is 4.79 Å². The Morgan fingerprint density at radius 3 is 2.77 bits per heavy atom. The number of aliphatic imine (C=N–C) groups is 1. The molecule has 0 saturated carbocycles. The number of carbonyl (C=O) groups excluding carboxylic acids is 1. The SMILES string of the molecule is C=C(C)CNC(=NCC(=O)N(C)C)N1CCC(C)C(n2ccnc2)C1.I. The van der Waals surface area contributed by atoms with E-state index in [9.17, 15) is 4.79 Å². The molecular formula is C18H31IN6O. The maximum atomic E-state index is 11.9. The highest BCUT2D eigenvalue weighted by Gasteiger charge is 2.29. The van der Waals surface area contributed by atoms with E-state index in [4.69, 9.17) is 0 Å². The number of guanidine groups is 1. The molecule has 1 aliphatic heterocycles. The first-order chi connectivity index (χ1) is 11.9. The molecule has 0 radical (unpaired) electrons. The molecule has 0 aliphatic carbocycles. The van der Waals surface area contributed by atoms with Crippen LogP contribution in [0.25, 0.3) is 0 Å². The first kappa shape index (κ1) is 22.5. The Morgan fingerprint density at radius 2 is 2.19 bits per heavy atom. The molecule has 0 bridgehead atoms. The van der Waals surface area contributed by atoms with Crippen LogP contribution >= 0.6 is 24.0 Å². The number of carbonyl (C=O) groups is 1. The van der Waals surface area contributed by atoms with E-state index in [0.29, 0.717) is 18.5 Å². The molecule has 1 fully saturated rings. The lowest BCUT2D eigenvalue weighted by molar-refractivity contribution is -0.127. The van der Waals surface area contributed by atoms with Gasteiger partial charge in [0.25, 0.3) is 0 Å². The van der Waals surface area contributed by atoms with E-state index in [0.717, 1.165) is 31.0 Å². The first-order valence-corrected chi connectivity index (χ1v) is 8.73. The van der Waals surface area contributed by atoms with Crippen LogP contribution in [0.1, 0.15) is 26.3 Å². The van der Waals surface area contributed by atoms with E-state index < -0.39 is 0 Å². The Hall–Kier alpha value is -1.58. The number of halogens is 1. The molecule has 1 aliphatic rings. The third-order valence-corrected chi connectivity index (χ3v) is 4.54. The van der Waals surface area contributed by atoms with Crippen LogP contribution in [0, 0.1) is 5.92 Å².